The van der Waals surface area contributed by atoms with Crippen molar-refractivity contribution in [1.82, 2.24) is 10.6 Å². The molecule has 0 bridgehead atoms. The van der Waals surface area contributed by atoms with Crippen LogP contribution in [0.1, 0.15) is 23.5 Å². The van der Waals surface area contributed by atoms with Crippen LogP contribution in [0.15, 0.2) is 65.7 Å². The minimum absolute atomic E-state index is 0.282. The number of guanidine groups is 1. The molecule has 0 radical (unpaired) electrons. The molecule has 2 aromatic rings. The van der Waals surface area contributed by atoms with E-state index in [1.54, 1.807) is 14.2 Å². The van der Waals surface area contributed by atoms with Gasteiger partial charge in [0, 0.05) is 39.8 Å². The molecule has 0 aliphatic carbocycles. The third-order valence-corrected chi connectivity index (χ3v) is 3.92. The molecule has 0 unspecified atom stereocenters. The Morgan fingerprint density at radius 1 is 0.958 bits per heavy atom. The summed E-state index contributed by atoms with van der Waals surface area (Å²) < 4.78 is 5.07. The van der Waals surface area contributed by atoms with Crippen LogP contribution in [0.3, 0.4) is 0 Å². The number of rotatable bonds is 8. The molecule has 2 rings (SSSR count). The van der Waals surface area contributed by atoms with Gasteiger partial charge in [0.2, 0.25) is 0 Å². The predicted octanol–water partition coefficient (Wildman–Crippen LogP) is 3.02. The minimum atomic E-state index is 0.282. The summed E-state index contributed by atoms with van der Waals surface area (Å²) in [6.07, 6.45) is 0.956. The maximum Gasteiger partial charge on any atom is 0.191 e. The molecular weight excluding hydrogens is 298 g/mol. The second-order valence-corrected chi connectivity index (χ2v) is 5.60. The van der Waals surface area contributed by atoms with Gasteiger partial charge in [-0.05, 0) is 17.5 Å². The SMILES string of the molecule is CN=C(NCCCOC)NCC(c1ccccc1)c1ccccc1. The Morgan fingerprint density at radius 2 is 1.54 bits per heavy atom. The largest absolute Gasteiger partial charge is 0.385 e. The molecule has 4 heteroatoms. The molecular formula is C20H27N3O. The Balaban J connectivity index is 2.01. The molecule has 2 N–H and O–H groups in total. The molecule has 0 aliphatic rings. The monoisotopic (exact) mass is 325 g/mol. The van der Waals surface area contributed by atoms with E-state index in [2.05, 4.69) is 76.3 Å². The van der Waals surface area contributed by atoms with E-state index in [-0.39, 0.29) is 5.92 Å². The molecule has 4 nitrogen and oxygen atoms in total. The average molecular weight is 325 g/mol. The Morgan fingerprint density at radius 3 is 2.04 bits per heavy atom. The number of hydrogen-bond acceptors (Lipinski definition) is 2. The maximum absolute atomic E-state index is 5.07. The standard InChI is InChI=1S/C20H27N3O/c1-21-20(22-14-9-15-24-2)23-16-19(17-10-5-3-6-11-17)18-12-7-4-8-13-18/h3-8,10-13,19H,9,14-16H2,1-2H3,(H2,21,22,23). The van der Waals surface area contributed by atoms with E-state index < -0.39 is 0 Å². The van der Waals surface area contributed by atoms with Crippen molar-refractivity contribution in [3.8, 4) is 0 Å². The van der Waals surface area contributed by atoms with Crippen LogP contribution in [0.5, 0.6) is 0 Å². The quantitative estimate of drug-likeness (QED) is 0.445. The number of ether oxygens (including phenoxy) is 1. The zero-order chi connectivity index (χ0) is 17.0. The van der Waals surface area contributed by atoms with Gasteiger partial charge < -0.3 is 15.4 Å². The van der Waals surface area contributed by atoms with Crippen molar-refractivity contribution in [3.63, 3.8) is 0 Å². The first-order chi connectivity index (χ1) is 11.8. The van der Waals surface area contributed by atoms with Crippen LogP contribution in [-0.4, -0.2) is 39.8 Å². The van der Waals surface area contributed by atoms with Gasteiger partial charge in [-0.25, -0.2) is 0 Å². The van der Waals surface area contributed by atoms with E-state index in [1.165, 1.54) is 11.1 Å². The molecule has 24 heavy (non-hydrogen) atoms. The number of nitrogens with zero attached hydrogens (tertiary/aromatic N) is 1. The fraction of sp³-hybridized carbons (Fsp3) is 0.350. The topological polar surface area (TPSA) is 45.7 Å². The second kappa shape index (κ2) is 10.4. The molecule has 0 saturated heterocycles. The molecule has 0 spiro atoms. The number of nitrogens with one attached hydrogen (secondary N) is 2. The van der Waals surface area contributed by atoms with Crippen molar-refractivity contribution in [3.05, 3.63) is 71.8 Å². The van der Waals surface area contributed by atoms with Crippen LogP contribution < -0.4 is 10.6 Å². The lowest BCUT2D eigenvalue weighted by Gasteiger charge is -2.20. The molecule has 128 valence electrons. The first-order valence-corrected chi connectivity index (χ1v) is 8.38. The van der Waals surface area contributed by atoms with Crippen molar-refractivity contribution in [2.75, 3.05) is 33.9 Å². The van der Waals surface area contributed by atoms with Crippen molar-refractivity contribution >= 4 is 5.96 Å². The lowest BCUT2D eigenvalue weighted by Crippen LogP contribution is -2.40. The third kappa shape index (κ3) is 5.70. The molecule has 2 aromatic carbocycles. The molecule has 0 aromatic heterocycles. The number of aliphatic imine (C=N–C) groups is 1. The minimum Gasteiger partial charge on any atom is -0.385 e. The summed E-state index contributed by atoms with van der Waals surface area (Å²) in [5.41, 5.74) is 2.59. The average Bonchev–Trinajstić information content (AvgIpc) is 2.65. The van der Waals surface area contributed by atoms with Gasteiger partial charge in [0.1, 0.15) is 0 Å². The van der Waals surface area contributed by atoms with E-state index in [4.69, 9.17) is 4.74 Å². The molecule has 0 aliphatic heterocycles. The van der Waals surface area contributed by atoms with Gasteiger partial charge in [-0.15, -0.1) is 0 Å². The van der Waals surface area contributed by atoms with Crippen molar-refractivity contribution in [2.45, 2.75) is 12.3 Å². The molecule has 0 atom stereocenters. The van der Waals surface area contributed by atoms with Crippen LogP contribution >= 0.6 is 0 Å². The van der Waals surface area contributed by atoms with Gasteiger partial charge in [0.15, 0.2) is 5.96 Å². The highest BCUT2D eigenvalue weighted by atomic mass is 16.5. The van der Waals surface area contributed by atoms with Crippen LogP contribution in [0, 0.1) is 0 Å². The van der Waals surface area contributed by atoms with Gasteiger partial charge in [-0.3, -0.25) is 4.99 Å². The summed E-state index contributed by atoms with van der Waals surface area (Å²) in [5.74, 6) is 1.10. The highest BCUT2D eigenvalue weighted by Gasteiger charge is 2.14. The zero-order valence-electron chi connectivity index (χ0n) is 14.5. The fourth-order valence-corrected chi connectivity index (χ4v) is 2.64. The zero-order valence-corrected chi connectivity index (χ0v) is 14.5. The van der Waals surface area contributed by atoms with Crippen LogP contribution in [0.2, 0.25) is 0 Å². The van der Waals surface area contributed by atoms with Gasteiger partial charge in [-0.1, -0.05) is 60.7 Å². The third-order valence-electron chi connectivity index (χ3n) is 3.92. The Bertz CT molecular complexity index is 559. The van der Waals surface area contributed by atoms with E-state index in [9.17, 15) is 0 Å². The maximum atomic E-state index is 5.07. The molecule has 0 saturated carbocycles. The smallest absolute Gasteiger partial charge is 0.191 e. The Kier molecular flexibility index (Phi) is 7.84. The van der Waals surface area contributed by atoms with Crippen molar-refractivity contribution < 1.29 is 4.74 Å². The van der Waals surface area contributed by atoms with E-state index in [0.29, 0.717) is 0 Å². The van der Waals surface area contributed by atoms with Crippen molar-refractivity contribution in [1.29, 1.82) is 0 Å². The van der Waals surface area contributed by atoms with Crippen LogP contribution in [0.25, 0.3) is 0 Å². The Labute approximate surface area is 145 Å². The molecule has 0 amide bonds. The lowest BCUT2D eigenvalue weighted by molar-refractivity contribution is 0.195. The summed E-state index contributed by atoms with van der Waals surface area (Å²) in [5, 5.41) is 6.76. The van der Waals surface area contributed by atoms with Gasteiger partial charge in [-0.2, -0.15) is 0 Å². The number of hydrogen-bond donors (Lipinski definition) is 2. The van der Waals surface area contributed by atoms with Gasteiger partial charge >= 0.3 is 0 Å². The second-order valence-electron chi connectivity index (χ2n) is 5.60. The summed E-state index contributed by atoms with van der Waals surface area (Å²) in [6.45, 7) is 2.38. The predicted molar refractivity (Wildman–Crippen MR) is 101 cm³/mol. The van der Waals surface area contributed by atoms with E-state index >= 15 is 0 Å². The van der Waals surface area contributed by atoms with Crippen LogP contribution in [-0.2, 0) is 4.74 Å². The van der Waals surface area contributed by atoms with E-state index in [0.717, 1.165) is 32.1 Å². The highest BCUT2D eigenvalue weighted by Crippen LogP contribution is 2.23. The van der Waals surface area contributed by atoms with E-state index in [1.807, 2.05) is 0 Å². The summed E-state index contributed by atoms with van der Waals surface area (Å²) >= 11 is 0. The lowest BCUT2D eigenvalue weighted by atomic mass is 9.91. The summed E-state index contributed by atoms with van der Waals surface area (Å²) in [7, 11) is 3.52. The molecule has 0 heterocycles. The summed E-state index contributed by atoms with van der Waals surface area (Å²) in [4.78, 5) is 4.30. The number of methoxy groups -OCH3 is 1. The highest BCUT2D eigenvalue weighted by molar-refractivity contribution is 5.79. The normalized spacial score (nSPS) is 11.5. The fourth-order valence-electron chi connectivity index (χ4n) is 2.64. The molecule has 0 fully saturated rings. The number of benzene rings is 2. The first-order valence-electron chi connectivity index (χ1n) is 8.38. The Hall–Kier alpha value is -2.33. The van der Waals surface area contributed by atoms with Crippen LogP contribution in [0.4, 0.5) is 0 Å². The van der Waals surface area contributed by atoms with Gasteiger partial charge in [0.05, 0.1) is 0 Å². The van der Waals surface area contributed by atoms with Gasteiger partial charge in [0.25, 0.3) is 0 Å². The van der Waals surface area contributed by atoms with Crippen molar-refractivity contribution in [2.24, 2.45) is 4.99 Å². The first kappa shape index (κ1) is 18.0. The summed E-state index contributed by atoms with van der Waals surface area (Å²) in [6, 6.07) is 21.1.